The first kappa shape index (κ1) is 6.55. The van der Waals surface area contributed by atoms with Crippen molar-refractivity contribution in [3.8, 4) is 0 Å². The van der Waals surface area contributed by atoms with Crippen molar-refractivity contribution in [1.82, 2.24) is 5.32 Å². The molecule has 1 aliphatic heterocycles. The Labute approximate surface area is 59.9 Å². The Morgan fingerprint density at radius 1 is 2.00 bits per heavy atom. The summed E-state index contributed by atoms with van der Waals surface area (Å²) in [5.74, 6) is 0. The standard InChI is InChI=1S/C6H9NOS/c1-2-3-5-4-7-6(9)8-5/h2,5H,1,3-4H2,(H,7,9)/t5-/m0/s1. The van der Waals surface area contributed by atoms with Crippen LogP contribution in [0.4, 0.5) is 0 Å². The van der Waals surface area contributed by atoms with E-state index < -0.39 is 0 Å². The van der Waals surface area contributed by atoms with Crippen LogP contribution in [0.15, 0.2) is 12.7 Å². The van der Waals surface area contributed by atoms with Gasteiger partial charge in [0.1, 0.15) is 6.10 Å². The molecule has 1 saturated heterocycles. The summed E-state index contributed by atoms with van der Waals surface area (Å²) < 4.78 is 5.15. The van der Waals surface area contributed by atoms with Gasteiger partial charge < -0.3 is 10.1 Å². The topological polar surface area (TPSA) is 21.3 Å². The van der Waals surface area contributed by atoms with E-state index in [1.807, 2.05) is 6.08 Å². The molecule has 1 atom stereocenters. The third kappa shape index (κ3) is 1.68. The van der Waals surface area contributed by atoms with Gasteiger partial charge in [0, 0.05) is 6.42 Å². The van der Waals surface area contributed by atoms with Crippen molar-refractivity contribution in [1.29, 1.82) is 0 Å². The van der Waals surface area contributed by atoms with Crippen molar-refractivity contribution >= 4 is 17.4 Å². The van der Waals surface area contributed by atoms with E-state index in [2.05, 4.69) is 11.9 Å². The molecule has 50 valence electrons. The van der Waals surface area contributed by atoms with Crippen molar-refractivity contribution < 1.29 is 4.74 Å². The average molecular weight is 143 g/mol. The van der Waals surface area contributed by atoms with Gasteiger partial charge in [-0.3, -0.25) is 0 Å². The minimum atomic E-state index is 0.218. The van der Waals surface area contributed by atoms with Crippen molar-refractivity contribution in [2.45, 2.75) is 12.5 Å². The lowest BCUT2D eigenvalue weighted by molar-refractivity contribution is 0.239. The number of rotatable bonds is 2. The van der Waals surface area contributed by atoms with Crippen LogP contribution in [0.2, 0.25) is 0 Å². The molecule has 0 aromatic carbocycles. The van der Waals surface area contributed by atoms with Gasteiger partial charge in [-0.1, -0.05) is 6.08 Å². The summed E-state index contributed by atoms with van der Waals surface area (Å²) in [5.41, 5.74) is 0. The van der Waals surface area contributed by atoms with Crippen LogP contribution in [-0.2, 0) is 4.74 Å². The maximum absolute atomic E-state index is 5.15. The van der Waals surface area contributed by atoms with Crippen molar-refractivity contribution in [3.05, 3.63) is 12.7 Å². The molecule has 1 heterocycles. The molecule has 3 heteroatoms. The Bertz CT molecular complexity index is 135. The summed E-state index contributed by atoms with van der Waals surface area (Å²) in [6.07, 6.45) is 2.92. The number of hydrogen-bond acceptors (Lipinski definition) is 2. The molecule has 9 heavy (non-hydrogen) atoms. The number of thiocarbonyl (C=S) groups is 1. The van der Waals surface area contributed by atoms with E-state index >= 15 is 0 Å². The Morgan fingerprint density at radius 2 is 2.78 bits per heavy atom. The van der Waals surface area contributed by atoms with Gasteiger partial charge in [-0.25, -0.2) is 0 Å². The van der Waals surface area contributed by atoms with Crippen LogP contribution in [0.3, 0.4) is 0 Å². The zero-order valence-corrected chi connectivity index (χ0v) is 5.91. The lowest BCUT2D eigenvalue weighted by Crippen LogP contribution is -2.14. The zero-order valence-electron chi connectivity index (χ0n) is 5.09. The first-order chi connectivity index (χ1) is 4.33. The monoisotopic (exact) mass is 143 g/mol. The Hall–Kier alpha value is -0.570. The van der Waals surface area contributed by atoms with E-state index in [1.165, 1.54) is 0 Å². The normalized spacial score (nSPS) is 24.9. The predicted octanol–water partition coefficient (Wildman–Crippen LogP) is 0.836. The second kappa shape index (κ2) is 2.82. The SMILES string of the molecule is C=CC[C@H]1CNC(=S)O1. The number of ether oxygens (including phenoxy) is 1. The van der Waals surface area contributed by atoms with E-state index in [0.29, 0.717) is 5.17 Å². The molecule has 0 radical (unpaired) electrons. The number of nitrogens with one attached hydrogen (secondary N) is 1. The zero-order chi connectivity index (χ0) is 6.69. The summed E-state index contributed by atoms with van der Waals surface area (Å²) in [5, 5.41) is 3.43. The summed E-state index contributed by atoms with van der Waals surface area (Å²) in [6, 6.07) is 0. The maximum atomic E-state index is 5.15. The third-order valence-corrected chi connectivity index (χ3v) is 1.42. The molecular formula is C6H9NOS. The van der Waals surface area contributed by atoms with Crippen LogP contribution in [0.5, 0.6) is 0 Å². The van der Waals surface area contributed by atoms with Crippen LogP contribution >= 0.6 is 12.2 Å². The van der Waals surface area contributed by atoms with Gasteiger partial charge in [0.15, 0.2) is 0 Å². The highest BCUT2D eigenvalue weighted by atomic mass is 32.1. The van der Waals surface area contributed by atoms with Gasteiger partial charge in [-0.2, -0.15) is 0 Å². The van der Waals surface area contributed by atoms with Crippen LogP contribution in [0.25, 0.3) is 0 Å². The quantitative estimate of drug-likeness (QED) is 0.457. The largest absolute Gasteiger partial charge is 0.466 e. The molecule has 0 bridgehead atoms. The lowest BCUT2D eigenvalue weighted by Gasteiger charge is -2.01. The van der Waals surface area contributed by atoms with Crippen LogP contribution in [-0.4, -0.2) is 17.8 Å². The average Bonchev–Trinajstić information content (AvgIpc) is 2.17. The second-order valence-electron chi connectivity index (χ2n) is 1.93. The van der Waals surface area contributed by atoms with Gasteiger partial charge >= 0.3 is 0 Å². The molecule has 1 N–H and O–H groups in total. The summed E-state index contributed by atoms with van der Waals surface area (Å²) >= 11 is 4.74. The minimum Gasteiger partial charge on any atom is -0.466 e. The Balaban J connectivity index is 2.29. The molecule has 0 aromatic heterocycles. The van der Waals surface area contributed by atoms with Gasteiger partial charge in [0.25, 0.3) is 5.17 Å². The summed E-state index contributed by atoms with van der Waals surface area (Å²) in [6.45, 7) is 4.42. The van der Waals surface area contributed by atoms with Crippen LogP contribution < -0.4 is 5.32 Å². The molecule has 0 saturated carbocycles. The van der Waals surface area contributed by atoms with E-state index in [-0.39, 0.29) is 6.10 Å². The van der Waals surface area contributed by atoms with Crippen molar-refractivity contribution in [2.75, 3.05) is 6.54 Å². The summed E-state index contributed by atoms with van der Waals surface area (Å²) in [7, 11) is 0. The van der Waals surface area contributed by atoms with Crippen LogP contribution in [0.1, 0.15) is 6.42 Å². The van der Waals surface area contributed by atoms with Gasteiger partial charge in [0.2, 0.25) is 0 Å². The molecule has 0 amide bonds. The summed E-state index contributed by atoms with van der Waals surface area (Å²) in [4.78, 5) is 0. The van der Waals surface area contributed by atoms with Gasteiger partial charge in [0.05, 0.1) is 6.54 Å². The van der Waals surface area contributed by atoms with E-state index in [4.69, 9.17) is 17.0 Å². The highest BCUT2D eigenvalue weighted by molar-refractivity contribution is 7.80. The fourth-order valence-corrected chi connectivity index (χ4v) is 0.969. The van der Waals surface area contributed by atoms with E-state index in [0.717, 1.165) is 13.0 Å². The molecule has 0 aromatic rings. The molecule has 1 rings (SSSR count). The molecule has 1 aliphatic rings. The minimum absolute atomic E-state index is 0.218. The highest BCUT2D eigenvalue weighted by Gasteiger charge is 2.17. The molecule has 0 unspecified atom stereocenters. The van der Waals surface area contributed by atoms with E-state index in [9.17, 15) is 0 Å². The predicted molar refractivity (Wildman–Crippen MR) is 40.3 cm³/mol. The fourth-order valence-electron chi connectivity index (χ4n) is 0.749. The van der Waals surface area contributed by atoms with E-state index in [1.54, 1.807) is 0 Å². The smallest absolute Gasteiger partial charge is 0.257 e. The first-order valence-electron chi connectivity index (χ1n) is 2.88. The molecule has 0 aliphatic carbocycles. The number of hydrogen-bond donors (Lipinski definition) is 1. The van der Waals surface area contributed by atoms with Crippen molar-refractivity contribution in [3.63, 3.8) is 0 Å². The second-order valence-corrected chi connectivity index (χ2v) is 2.30. The van der Waals surface area contributed by atoms with Crippen LogP contribution in [0, 0.1) is 0 Å². The van der Waals surface area contributed by atoms with Gasteiger partial charge in [-0.05, 0) is 12.2 Å². The molecular weight excluding hydrogens is 134 g/mol. The molecule has 0 spiro atoms. The highest BCUT2D eigenvalue weighted by Crippen LogP contribution is 2.04. The Morgan fingerprint density at radius 3 is 3.22 bits per heavy atom. The molecule has 2 nitrogen and oxygen atoms in total. The maximum Gasteiger partial charge on any atom is 0.257 e. The lowest BCUT2D eigenvalue weighted by atomic mass is 10.2. The van der Waals surface area contributed by atoms with Gasteiger partial charge in [-0.15, -0.1) is 6.58 Å². The Kier molecular flexibility index (Phi) is 2.05. The third-order valence-electron chi connectivity index (χ3n) is 1.18. The molecule has 1 fully saturated rings. The first-order valence-corrected chi connectivity index (χ1v) is 3.29. The fraction of sp³-hybridized carbons (Fsp3) is 0.500. The van der Waals surface area contributed by atoms with Crippen molar-refractivity contribution in [2.24, 2.45) is 0 Å².